The molecule has 0 aromatic heterocycles. The summed E-state index contributed by atoms with van der Waals surface area (Å²) in [5.41, 5.74) is 0.567. The van der Waals surface area contributed by atoms with Crippen LogP contribution < -0.4 is 5.32 Å². The zero-order valence-corrected chi connectivity index (χ0v) is 11.9. The highest BCUT2D eigenvalue weighted by atomic mass is 16.4. The summed E-state index contributed by atoms with van der Waals surface area (Å²) in [7, 11) is 0. The molecule has 5 heteroatoms. The number of carboxylic acids is 1. The summed E-state index contributed by atoms with van der Waals surface area (Å²) in [6, 6.07) is 6.84. The second-order valence-corrected chi connectivity index (χ2v) is 5.85. The zero-order valence-electron chi connectivity index (χ0n) is 11.9. The van der Waals surface area contributed by atoms with Gasteiger partial charge in [-0.1, -0.05) is 12.5 Å². The fraction of sp³-hybridized carbons (Fsp3) is 0.500. The van der Waals surface area contributed by atoms with E-state index in [-0.39, 0.29) is 17.5 Å². The van der Waals surface area contributed by atoms with E-state index in [0.29, 0.717) is 11.6 Å². The number of nitrogens with zero attached hydrogens (tertiary/aromatic N) is 1. The predicted octanol–water partition coefficient (Wildman–Crippen LogP) is 1.74. The van der Waals surface area contributed by atoms with Crippen molar-refractivity contribution in [2.24, 2.45) is 0 Å². The maximum atomic E-state index is 12.3. The molecule has 1 aromatic carbocycles. The van der Waals surface area contributed by atoms with Crippen LogP contribution >= 0.6 is 0 Å². The molecule has 2 aliphatic heterocycles. The van der Waals surface area contributed by atoms with E-state index in [0.717, 1.165) is 25.9 Å². The van der Waals surface area contributed by atoms with Gasteiger partial charge in [0.2, 0.25) is 0 Å². The summed E-state index contributed by atoms with van der Waals surface area (Å²) in [4.78, 5) is 25.8. The average Bonchev–Trinajstić information content (AvgIpc) is 2.91. The molecule has 5 nitrogen and oxygen atoms in total. The number of carbonyl (C=O) groups excluding carboxylic acids is 1. The van der Waals surface area contributed by atoms with E-state index in [9.17, 15) is 9.59 Å². The van der Waals surface area contributed by atoms with Gasteiger partial charge >= 0.3 is 5.97 Å². The Hall–Kier alpha value is -1.88. The first-order chi connectivity index (χ1) is 10.1. The number of rotatable bonds is 3. The van der Waals surface area contributed by atoms with E-state index in [1.165, 1.54) is 25.0 Å². The van der Waals surface area contributed by atoms with Crippen LogP contribution in [0.1, 0.15) is 46.4 Å². The number of fused-ring (bicyclic) bond motifs is 1. The van der Waals surface area contributed by atoms with Crippen molar-refractivity contribution in [3.63, 3.8) is 0 Å². The van der Waals surface area contributed by atoms with Crippen LogP contribution in [0.4, 0.5) is 0 Å². The third-order valence-corrected chi connectivity index (χ3v) is 4.54. The van der Waals surface area contributed by atoms with Crippen molar-refractivity contribution in [3.8, 4) is 0 Å². The first kappa shape index (κ1) is 14.1. The highest BCUT2D eigenvalue weighted by molar-refractivity contribution is 5.97. The first-order valence-corrected chi connectivity index (χ1v) is 7.53. The molecule has 0 spiro atoms. The van der Waals surface area contributed by atoms with Gasteiger partial charge < -0.3 is 10.4 Å². The summed E-state index contributed by atoms with van der Waals surface area (Å²) >= 11 is 0. The molecule has 2 unspecified atom stereocenters. The van der Waals surface area contributed by atoms with Crippen molar-refractivity contribution < 1.29 is 14.7 Å². The Labute approximate surface area is 123 Å². The average molecular weight is 288 g/mol. The molecule has 2 saturated heterocycles. The minimum Gasteiger partial charge on any atom is -0.478 e. The smallest absolute Gasteiger partial charge is 0.335 e. The quantitative estimate of drug-likeness (QED) is 0.889. The first-order valence-electron chi connectivity index (χ1n) is 7.53. The van der Waals surface area contributed by atoms with E-state index in [4.69, 9.17) is 5.11 Å². The number of piperidine rings is 1. The summed E-state index contributed by atoms with van der Waals surface area (Å²) in [6.07, 6.45) is 4.59. The van der Waals surface area contributed by atoms with Gasteiger partial charge in [0.05, 0.1) is 5.56 Å². The minimum absolute atomic E-state index is 0.147. The van der Waals surface area contributed by atoms with Gasteiger partial charge in [-0.3, -0.25) is 9.69 Å². The van der Waals surface area contributed by atoms with Gasteiger partial charge in [0.15, 0.2) is 0 Å². The van der Waals surface area contributed by atoms with Crippen molar-refractivity contribution in [2.45, 2.75) is 37.8 Å². The highest BCUT2D eigenvalue weighted by Gasteiger charge is 2.36. The molecular formula is C16H20N2O3. The Kier molecular flexibility index (Phi) is 3.92. The SMILES string of the molecule is O=C(O)c1cccc(C(=O)NC2CCN3CCCCC23)c1. The minimum atomic E-state index is -1.01. The third kappa shape index (κ3) is 2.93. The normalized spacial score (nSPS) is 25.3. The van der Waals surface area contributed by atoms with Gasteiger partial charge in [-0.05, 0) is 44.0 Å². The molecule has 2 atom stereocenters. The van der Waals surface area contributed by atoms with Gasteiger partial charge in [0.25, 0.3) is 5.91 Å². The van der Waals surface area contributed by atoms with Crippen molar-refractivity contribution in [2.75, 3.05) is 13.1 Å². The second-order valence-electron chi connectivity index (χ2n) is 5.85. The topological polar surface area (TPSA) is 69.6 Å². The number of hydrogen-bond acceptors (Lipinski definition) is 3. The number of amides is 1. The van der Waals surface area contributed by atoms with Gasteiger partial charge in [-0.25, -0.2) is 4.79 Å². The number of carbonyl (C=O) groups is 2. The molecule has 0 aliphatic carbocycles. The van der Waals surface area contributed by atoms with Gasteiger partial charge in [0, 0.05) is 24.2 Å². The van der Waals surface area contributed by atoms with E-state index >= 15 is 0 Å². The molecule has 2 fully saturated rings. The molecule has 3 rings (SSSR count). The number of benzene rings is 1. The van der Waals surface area contributed by atoms with Crippen molar-refractivity contribution in [1.82, 2.24) is 10.2 Å². The molecule has 2 N–H and O–H groups in total. The Morgan fingerprint density at radius 1 is 1.14 bits per heavy atom. The predicted molar refractivity (Wildman–Crippen MR) is 78.5 cm³/mol. The second kappa shape index (κ2) is 5.85. The largest absolute Gasteiger partial charge is 0.478 e. The molecular weight excluding hydrogens is 268 g/mol. The van der Waals surface area contributed by atoms with Crippen LogP contribution in [-0.4, -0.2) is 47.1 Å². The Bertz CT molecular complexity index is 558. The lowest BCUT2D eigenvalue weighted by molar-refractivity contribution is 0.0697. The summed E-state index contributed by atoms with van der Waals surface area (Å²) in [5.74, 6) is -1.18. The number of carboxylic acid groups (broad SMARTS) is 1. The van der Waals surface area contributed by atoms with Crippen LogP contribution in [0.2, 0.25) is 0 Å². The lowest BCUT2D eigenvalue weighted by atomic mass is 9.98. The van der Waals surface area contributed by atoms with Crippen molar-refractivity contribution in [3.05, 3.63) is 35.4 Å². The lowest BCUT2D eigenvalue weighted by Gasteiger charge is -2.32. The fourth-order valence-electron chi connectivity index (χ4n) is 3.46. The molecule has 0 bridgehead atoms. The van der Waals surface area contributed by atoms with E-state index in [1.807, 2.05) is 0 Å². The van der Waals surface area contributed by atoms with Crippen LogP contribution in [0.3, 0.4) is 0 Å². The Morgan fingerprint density at radius 3 is 2.76 bits per heavy atom. The Morgan fingerprint density at radius 2 is 1.95 bits per heavy atom. The zero-order chi connectivity index (χ0) is 14.8. The number of hydrogen-bond donors (Lipinski definition) is 2. The maximum Gasteiger partial charge on any atom is 0.335 e. The highest BCUT2D eigenvalue weighted by Crippen LogP contribution is 2.27. The third-order valence-electron chi connectivity index (χ3n) is 4.54. The van der Waals surface area contributed by atoms with Crippen LogP contribution in [0.5, 0.6) is 0 Å². The number of nitrogens with one attached hydrogen (secondary N) is 1. The molecule has 112 valence electrons. The molecule has 1 amide bonds. The summed E-state index contributed by atoms with van der Waals surface area (Å²) in [6.45, 7) is 2.18. The maximum absolute atomic E-state index is 12.3. The van der Waals surface area contributed by atoms with Crippen molar-refractivity contribution in [1.29, 1.82) is 0 Å². The summed E-state index contributed by atoms with van der Waals surface area (Å²) in [5, 5.41) is 12.1. The van der Waals surface area contributed by atoms with Crippen LogP contribution in [0, 0.1) is 0 Å². The van der Waals surface area contributed by atoms with E-state index in [2.05, 4.69) is 10.2 Å². The molecule has 2 heterocycles. The van der Waals surface area contributed by atoms with Gasteiger partial charge in [0.1, 0.15) is 0 Å². The molecule has 0 saturated carbocycles. The van der Waals surface area contributed by atoms with Gasteiger partial charge in [-0.15, -0.1) is 0 Å². The number of aromatic carboxylic acids is 1. The van der Waals surface area contributed by atoms with E-state index < -0.39 is 5.97 Å². The standard InChI is InChI=1S/C16H20N2O3/c19-15(11-4-3-5-12(10-11)16(20)21)17-13-7-9-18-8-2-1-6-14(13)18/h3-5,10,13-14H,1-2,6-9H2,(H,17,19)(H,20,21). The lowest BCUT2D eigenvalue weighted by Crippen LogP contribution is -2.46. The van der Waals surface area contributed by atoms with Crippen LogP contribution in [-0.2, 0) is 0 Å². The van der Waals surface area contributed by atoms with Crippen molar-refractivity contribution >= 4 is 11.9 Å². The molecule has 21 heavy (non-hydrogen) atoms. The molecule has 0 radical (unpaired) electrons. The molecule has 1 aromatic rings. The van der Waals surface area contributed by atoms with E-state index in [1.54, 1.807) is 12.1 Å². The monoisotopic (exact) mass is 288 g/mol. The van der Waals surface area contributed by atoms with Crippen LogP contribution in [0.25, 0.3) is 0 Å². The van der Waals surface area contributed by atoms with Crippen LogP contribution in [0.15, 0.2) is 24.3 Å². The summed E-state index contributed by atoms with van der Waals surface area (Å²) < 4.78 is 0. The fourth-order valence-corrected chi connectivity index (χ4v) is 3.46. The molecule has 2 aliphatic rings. The van der Waals surface area contributed by atoms with Gasteiger partial charge in [-0.2, -0.15) is 0 Å². The Balaban J connectivity index is 1.69.